The third-order valence-corrected chi connectivity index (χ3v) is 6.42. The first-order valence-corrected chi connectivity index (χ1v) is 12.0. The molecule has 0 unspecified atom stereocenters. The molecule has 174 valence electrons. The van der Waals surface area contributed by atoms with Crippen LogP contribution in [0.15, 0.2) is 66.7 Å². The van der Waals surface area contributed by atoms with Gasteiger partial charge in [-0.15, -0.1) is 0 Å². The third-order valence-electron chi connectivity index (χ3n) is 6.42. The molecule has 2 aromatic heterocycles. The van der Waals surface area contributed by atoms with Gasteiger partial charge in [-0.2, -0.15) is 0 Å². The standard InChI is InChI=1S/C28H30N4O2/c1-19-11-17-24(18-12-19)34-28(33)30-23-15-13-21(14-16-23)26-27(29-22-8-4-3-5-9-22)32-20(2)7-6-10-25(32)31-26/h6-7,10-18,22,29H,3-5,8-9H2,1-2H3,(H,30,33). The lowest BCUT2D eigenvalue weighted by atomic mass is 9.95. The Morgan fingerprint density at radius 3 is 2.41 bits per heavy atom. The molecule has 2 heterocycles. The van der Waals surface area contributed by atoms with Gasteiger partial charge in [0.15, 0.2) is 0 Å². The maximum Gasteiger partial charge on any atom is 0.417 e. The van der Waals surface area contributed by atoms with Crippen molar-refractivity contribution in [1.29, 1.82) is 0 Å². The number of amides is 1. The number of imidazole rings is 1. The van der Waals surface area contributed by atoms with Gasteiger partial charge >= 0.3 is 6.09 Å². The zero-order valence-electron chi connectivity index (χ0n) is 19.7. The predicted molar refractivity (Wildman–Crippen MR) is 137 cm³/mol. The van der Waals surface area contributed by atoms with Gasteiger partial charge in [0.05, 0.1) is 0 Å². The number of pyridine rings is 1. The first-order valence-electron chi connectivity index (χ1n) is 12.0. The molecule has 1 amide bonds. The second-order valence-electron chi connectivity index (χ2n) is 9.05. The van der Waals surface area contributed by atoms with E-state index in [9.17, 15) is 4.79 Å². The van der Waals surface area contributed by atoms with E-state index in [4.69, 9.17) is 9.72 Å². The Morgan fingerprint density at radius 2 is 1.68 bits per heavy atom. The minimum absolute atomic E-state index is 0.462. The molecule has 0 atom stereocenters. The predicted octanol–water partition coefficient (Wildman–Crippen LogP) is 6.97. The lowest BCUT2D eigenvalue weighted by Crippen LogP contribution is -2.23. The maximum atomic E-state index is 12.3. The second-order valence-corrected chi connectivity index (χ2v) is 9.05. The van der Waals surface area contributed by atoms with Gasteiger partial charge < -0.3 is 10.1 Å². The highest BCUT2D eigenvalue weighted by Gasteiger charge is 2.20. The molecule has 1 aliphatic rings. The van der Waals surface area contributed by atoms with Crippen molar-refractivity contribution in [1.82, 2.24) is 9.38 Å². The van der Waals surface area contributed by atoms with Crippen LogP contribution in [0.5, 0.6) is 5.75 Å². The Balaban J connectivity index is 1.38. The van der Waals surface area contributed by atoms with E-state index in [0.29, 0.717) is 17.5 Å². The van der Waals surface area contributed by atoms with Crippen molar-refractivity contribution in [2.24, 2.45) is 0 Å². The molecule has 0 saturated heterocycles. The Hall–Kier alpha value is -3.80. The lowest BCUT2D eigenvalue weighted by Gasteiger charge is -2.24. The molecule has 0 radical (unpaired) electrons. The van der Waals surface area contributed by atoms with Gasteiger partial charge in [0.25, 0.3) is 0 Å². The highest BCUT2D eigenvalue weighted by molar-refractivity contribution is 5.87. The van der Waals surface area contributed by atoms with E-state index >= 15 is 0 Å². The summed E-state index contributed by atoms with van der Waals surface area (Å²) in [5.41, 5.74) is 5.78. The number of anilines is 2. The fourth-order valence-corrected chi connectivity index (χ4v) is 4.60. The molecule has 0 aliphatic heterocycles. The molecule has 6 heteroatoms. The van der Waals surface area contributed by atoms with Crippen molar-refractivity contribution in [2.45, 2.75) is 52.0 Å². The van der Waals surface area contributed by atoms with Crippen LogP contribution in [-0.2, 0) is 0 Å². The molecular formula is C28H30N4O2. The monoisotopic (exact) mass is 454 g/mol. The fraction of sp³-hybridized carbons (Fsp3) is 0.286. The Labute approximate surface area is 200 Å². The third kappa shape index (κ3) is 4.76. The van der Waals surface area contributed by atoms with Crippen LogP contribution >= 0.6 is 0 Å². The van der Waals surface area contributed by atoms with Crippen LogP contribution in [0, 0.1) is 13.8 Å². The van der Waals surface area contributed by atoms with Crippen molar-refractivity contribution >= 4 is 23.2 Å². The van der Waals surface area contributed by atoms with Gasteiger partial charge in [-0.05, 0) is 63.1 Å². The Kier molecular flexibility index (Phi) is 6.21. The zero-order chi connectivity index (χ0) is 23.5. The summed E-state index contributed by atoms with van der Waals surface area (Å²) in [5, 5.41) is 6.60. The summed E-state index contributed by atoms with van der Waals surface area (Å²) in [6.45, 7) is 4.10. The van der Waals surface area contributed by atoms with Gasteiger partial charge in [0.2, 0.25) is 0 Å². The molecule has 1 aliphatic carbocycles. The fourth-order valence-electron chi connectivity index (χ4n) is 4.60. The van der Waals surface area contributed by atoms with E-state index < -0.39 is 6.09 Å². The summed E-state index contributed by atoms with van der Waals surface area (Å²) in [7, 11) is 0. The molecule has 34 heavy (non-hydrogen) atoms. The molecular weight excluding hydrogens is 424 g/mol. The van der Waals surface area contributed by atoms with Gasteiger partial charge in [-0.25, -0.2) is 9.78 Å². The van der Waals surface area contributed by atoms with E-state index in [1.165, 1.54) is 32.1 Å². The van der Waals surface area contributed by atoms with Crippen molar-refractivity contribution in [3.8, 4) is 17.0 Å². The molecule has 1 saturated carbocycles. The number of benzene rings is 2. The molecule has 1 fully saturated rings. The number of hydrogen-bond acceptors (Lipinski definition) is 4. The topological polar surface area (TPSA) is 67.7 Å². The molecule has 0 spiro atoms. The van der Waals surface area contributed by atoms with E-state index in [1.54, 1.807) is 12.1 Å². The highest BCUT2D eigenvalue weighted by atomic mass is 16.6. The maximum absolute atomic E-state index is 12.3. The van der Waals surface area contributed by atoms with E-state index in [1.807, 2.05) is 55.5 Å². The summed E-state index contributed by atoms with van der Waals surface area (Å²) in [4.78, 5) is 17.2. The van der Waals surface area contributed by atoms with Crippen LogP contribution < -0.4 is 15.4 Å². The van der Waals surface area contributed by atoms with Gasteiger partial charge in [-0.3, -0.25) is 9.72 Å². The summed E-state index contributed by atoms with van der Waals surface area (Å²) >= 11 is 0. The number of carbonyl (C=O) groups excluding carboxylic acids is 1. The number of nitrogens with one attached hydrogen (secondary N) is 2. The summed E-state index contributed by atoms with van der Waals surface area (Å²) in [6.07, 6.45) is 5.70. The van der Waals surface area contributed by atoms with Crippen LogP contribution in [0.2, 0.25) is 0 Å². The number of hydrogen-bond donors (Lipinski definition) is 2. The lowest BCUT2D eigenvalue weighted by molar-refractivity contribution is 0.215. The molecule has 0 bridgehead atoms. The number of aryl methyl sites for hydroxylation is 2. The molecule has 5 rings (SSSR count). The number of aromatic nitrogens is 2. The SMILES string of the molecule is Cc1ccc(OC(=O)Nc2ccc(-c3nc4cccc(C)n4c3NC3CCCCC3)cc2)cc1. The van der Waals surface area contributed by atoms with Gasteiger partial charge in [-0.1, -0.05) is 55.2 Å². The van der Waals surface area contributed by atoms with Crippen LogP contribution in [0.4, 0.5) is 16.3 Å². The van der Waals surface area contributed by atoms with E-state index in [2.05, 4.69) is 28.0 Å². The zero-order valence-corrected chi connectivity index (χ0v) is 19.7. The first-order chi connectivity index (χ1) is 16.6. The number of fused-ring (bicyclic) bond motifs is 1. The number of nitrogens with zero attached hydrogens (tertiary/aromatic N) is 2. The van der Waals surface area contributed by atoms with Crippen molar-refractivity contribution in [2.75, 3.05) is 10.6 Å². The quantitative estimate of drug-likeness (QED) is 0.342. The summed E-state index contributed by atoms with van der Waals surface area (Å²) in [5.74, 6) is 1.55. The normalized spacial score (nSPS) is 14.2. The average molecular weight is 455 g/mol. The minimum Gasteiger partial charge on any atom is -0.410 e. The largest absolute Gasteiger partial charge is 0.417 e. The first kappa shape index (κ1) is 22.0. The van der Waals surface area contributed by atoms with E-state index in [0.717, 1.165) is 34.0 Å². The molecule has 4 aromatic rings. The molecule has 2 N–H and O–H groups in total. The smallest absolute Gasteiger partial charge is 0.410 e. The minimum atomic E-state index is -0.514. The van der Waals surface area contributed by atoms with Gasteiger partial charge in [0.1, 0.15) is 22.9 Å². The van der Waals surface area contributed by atoms with Crippen molar-refractivity contribution in [3.63, 3.8) is 0 Å². The summed E-state index contributed by atoms with van der Waals surface area (Å²) in [6, 6.07) is 21.8. The Bertz CT molecular complexity index is 1290. The summed E-state index contributed by atoms with van der Waals surface area (Å²) < 4.78 is 7.57. The van der Waals surface area contributed by atoms with Crippen molar-refractivity contribution < 1.29 is 9.53 Å². The van der Waals surface area contributed by atoms with Crippen LogP contribution in [0.3, 0.4) is 0 Å². The van der Waals surface area contributed by atoms with Gasteiger partial charge in [0, 0.05) is 23.0 Å². The second kappa shape index (κ2) is 9.59. The van der Waals surface area contributed by atoms with Crippen LogP contribution in [-0.4, -0.2) is 21.5 Å². The molecule has 6 nitrogen and oxygen atoms in total. The average Bonchev–Trinajstić information content (AvgIpc) is 3.21. The number of carbonyl (C=O) groups is 1. The number of rotatable bonds is 5. The van der Waals surface area contributed by atoms with Crippen LogP contribution in [0.1, 0.15) is 43.4 Å². The molecule has 2 aromatic carbocycles. The number of ether oxygens (including phenoxy) is 1. The Morgan fingerprint density at radius 1 is 0.941 bits per heavy atom. The van der Waals surface area contributed by atoms with E-state index in [-0.39, 0.29) is 0 Å². The van der Waals surface area contributed by atoms with Crippen molar-refractivity contribution in [3.05, 3.63) is 78.0 Å². The van der Waals surface area contributed by atoms with Crippen LogP contribution in [0.25, 0.3) is 16.9 Å². The highest BCUT2D eigenvalue weighted by Crippen LogP contribution is 2.33.